The molecule has 1 aromatic heterocycles. The van der Waals surface area contributed by atoms with E-state index in [9.17, 15) is 19.8 Å². The molecule has 0 fully saturated rings. The normalized spacial score (nSPS) is 13.6. The van der Waals surface area contributed by atoms with Crippen molar-refractivity contribution in [2.24, 2.45) is 0 Å². The molecule has 200 valence electrons. The molecule has 2 rings (SSSR count). The van der Waals surface area contributed by atoms with Gasteiger partial charge in [0.05, 0.1) is 12.1 Å². The molecule has 0 bridgehead atoms. The van der Waals surface area contributed by atoms with Gasteiger partial charge in [0, 0.05) is 38.0 Å². The smallest absolute Gasteiger partial charge is 0.253 e. The summed E-state index contributed by atoms with van der Waals surface area (Å²) in [6.45, 7) is 9.35. The number of benzene rings is 1. The van der Waals surface area contributed by atoms with E-state index in [1.54, 1.807) is 30.6 Å². The average molecular weight is 500 g/mol. The Kier molecular flexibility index (Phi) is 12.6. The number of aliphatic hydroxyl groups is 2. The third-order valence-corrected chi connectivity index (χ3v) is 6.29. The highest BCUT2D eigenvalue weighted by Crippen LogP contribution is 2.17. The highest BCUT2D eigenvalue weighted by molar-refractivity contribution is 6.00. The minimum atomic E-state index is -1.13. The summed E-state index contributed by atoms with van der Waals surface area (Å²) in [7, 11) is 0. The van der Waals surface area contributed by atoms with Gasteiger partial charge in [0.25, 0.3) is 11.8 Å². The van der Waals surface area contributed by atoms with Crippen LogP contribution < -0.4 is 5.32 Å². The van der Waals surface area contributed by atoms with Crippen LogP contribution in [0.3, 0.4) is 0 Å². The number of aryl methyl sites for hydroxylation is 1. The first-order valence-electron chi connectivity index (χ1n) is 13.3. The van der Waals surface area contributed by atoms with Gasteiger partial charge in [0.15, 0.2) is 0 Å². The molecule has 2 amide bonds. The monoisotopic (exact) mass is 499 g/mol. The number of aromatic nitrogens is 1. The minimum Gasteiger partial charge on any atom is -0.390 e. The van der Waals surface area contributed by atoms with E-state index >= 15 is 0 Å². The molecule has 3 atom stereocenters. The van der Waals surface area contributed by atoms with E-state index < -0.39 is 18.2 Å². The van der Waals surface area contributed by atoms with Gasteiger partial charge in [-0.05, 0) is 74.1 Å². The van der Waals surface area contributed by atoms with E-state index in [4.69, 9.17) is 0 Å². The number of rotatable bonds is 15. The van der Waals surface area contributed by atoms with Crippen LogP contribution in [0.4, 0.5) is 0 Å². The Hall–Kier alpha value is -2.77. The van der Waals surface area contributed by atoms with Crippen molar-refractivity contribution in [3.8, 4) is 0 Å². The number of hydrogen-bond acceptors (Lipinski definition) is 5. The summed E-state index contributed by atoms with van der Waals surface area (Å²) < 4.78 is 0. The van der Waals surface area contributed by atoms with Gasteiger partial charge in [-0.2, -0.15) is 0 Å². The third-order valence-electron chi connectivity index (χ3n) is 6.29. The largest absolute Gasteiger partial charge is 0.390 e. The Morgan fingerprint density at radius 3 is 2.22 bits per heavy atom. The lowest BCUT2D eigenvalue weighted by atomic mass is 9.94. The maximum Gasteiger partial charge on any atom is 0.253 e. The third kappa shape index (κ3) is 9.03. The fourth-order valence-corrected chi connectivity index (χ4v) is 4.40. The summed E-state index contributed by atoms with van der Waals surface area (Å²) in [5.74, 6) is -0.472. The van der Waals surface area contributed by atoms with Gasteiger partial charge >= 0.3 is 0 Å². The molecule has 0 spiro atoms. The van der Waals surface area contributed by atoms with Crippen LogP contribution in [0.25, 0.3) is 0 Å². The van der Waals surface area contributed by atoms with Crippen molar-refractivity contribution in [2.45, 2.75) is 90.9 Å². The molecule has 0 aliphatic heterocycles. The molecule has 1 heterocycles. The Labute approximate surface area is 217 Å². The van der Waals surface area contributed by atoms with E-state index in [2.05, 4.69) is 17.2 Å². The van der Waals surface area contributed by atoms with Crippen LogP contribution in [0.5, 0.6) is 0 Å². The molecule has 7 nitrogen and oxygen atoms in total. The van der Waals surface area contributed by atoms with Crippen LogP contribution in [0, 0.1) is 6.92 Å². The average Bonchev–Trinajstić information content (AvgIpc) is 2.87. The number of hydrogen-bond donors (Lipinski definition) is 3. The van der Waals surface area contributed by atoms with Crippen LogP contribution in [-0.2, 0) is 6.42 Å². The zero-order valence-corrected chi connectivity index (χ0v) is 22.2. The molecule has 0 saturated heterocycles. The lowest BCUT2D eigenvalue weighted by molar-refractivity contribution is -0.00830. The Bertz CT molecular complexity index is 951. The van der Waals surface area contributed by atoms with Crippen LogP contribution in [0.1, 0.15) is 92.6 Å². The summed E-state index contributed by atoms with van der Waals surface area (Å²) in [6, 6.07) is 8.12. The molecule has 0 radical (unpaired) electrons. The van der Waals surface area contributed by atoms with Crippen molar-refractivity contribution in [1.29, 1.82) is 0 Å². The zero-order chi connectivity index (χ0) is 26.5. The Morgan fingerprint density at radius 1 is 0.972 bits per heavy atom. The molecule has 2 aromatic rings. The number of carbonyl (C=O) groups is 2. The van der Waals surface area contributed by atoms with E-state index in [0.717, 1.165) is 43.2 Å². The predicted molar refractivity (Wildman–Crippen MR) is 145 cm³/mol. The van der Waals surface area contributed by atoms with Gasteiger partial charge in [0.2, 0.25) is 0 Å². The van der Waals surface area contributed by atoms with Gasteiger partial charge in [-0.15, -0.1) is 0 Å². The molecule has 36 heavy (non-hydrogen) atoms. The molecular formula is C29H45N3O4. The molecule has 7 heteroatoms. The first-order chi connectivity index (χ1) is 17.3. The maximum atomic E-state index is 13.3. The predicted octanol–water partition coefficient (Wildman–Crippen LogP) is 4.54. The summed E-state index contributed by atoms with van der Waals surface area (Å²) in [5, 5.41) is 24.5. The van der Waals surface area contributed by atoms with Crippen LogP contribution in [0.15, 0.2) is 42.7 Å². The SMILES string of the molecule is CCCCCC(O)C(O)C(Cc1ccncc1)NC(=O)c1cc(C)cc(C(=O)N(CCC)CCC)c1.[HH]. The highest BCUT2D eigenvalue weighted by atomic mass is 16.3. The number of carbonyl (C=O) groups excluding carboxylic acids is 2. The number of pyridine rings is 1. The molecule has 3 N–H and O–H groups in total. The lowest BCUT2D eigenvalue weighted by Gasteiger charge is -2.28. The molecule has 3 unspecified atom stereocenters. The van der Waals surface area contributed by atoms with Gasteiger partial charge < -0.3 is 20.4 Å². The summed E-state index contributed by atoms with van der Waals surface area (Å²) in [4.78, 5) is 32.3. The first-order valence-corrected chi connectivity index (χ1v) is 13.3. The van der Waals surface area contributed by atoms with Crippen LogP contribution in [0.2, 0.25) is 0 Å². The lowest BCUT2D eigenvalue weighted by Crippen LogP contribution is -2.49. The molecule has 1 aromatic carbocycles. The summed E-state index contributed by atoms with van der Waals surface area (Å²) in [5.41, 5.74) is 2.54. The van der Waals surface area contributed by atoms with Crippen molar-refractivity contribution < 1.29 is 21.2 Å². The number of nitrogens with zero attached hydrogens (tertiary/aromatic N) is 2. The first kappa shape index (κ1) is 29.5. The van der Waals surface area contributed by atoms with E-state index in [0.29, 0.717) is 37.1 Å². The number of unbranched alkanes of at least 4 members (excludes halogenated alkanes) is 2. The van der Waals surface area contributed by atoms with E-state index in [1.807, 2.05) is 37.8 Å². The standard InChI is InChI=1S/C29H43N3O4.H2/c1-5-8-9-10-26(33)27(34)25(19-22-11-13-30-14-12-22)31-28(35)23-17-21(4)18-24(20-23)29(36)32(15-6-2)16-7-3;/h11-14,17-18,20,25-27,33-34H,5-10,15-16,19H2,1-4H3,(H,31,35);1H. The van der Waals surface area contributed by atoms with Crippen molar-refractivity contribution in [1.82, 2.24) is 15.2 Å². The molecule has 0 aliphatic carbocycles. The van der Waals surface area contributed by atoms with E-state index in [-0.39, 0.29) is 13.2 Å². The topological polar surface area (TPSA) is 103 Å². The molecular weight excluding hydrogens is 454 g/mol. The fourth-order valence-electron chi connectivity index (χ4n) is 4.40. The van der Waals surface area contributed by atoms with Gasteiger partial charge in [-0.3, -0.25) is 14.6 Å². The zero-order valence-electron chi connectivity index (χ0n) is 22.2. The second-order valence-corrected chi connectivity index (χ2v) is 9.57. The van der Waals surface area contributed by atoms with Crippen LogP contribution >= 0.6 is 0 Å². The summed E-state index contributed by atoms with van der Waals surface area (Å²) in [6.07, 6.45) is 6.57. The van der Waals surface area contributed by atoms with Crippen LogP contribution in [-0.4, -0.2) is 63.3 Å². The second-order valence-electron chi connectivity index (χ2n) is 9.57. The molecule has 0 aliphatic rings. The summed E-state index contributed by atoms with van der Waals surface area (Å²) >= 11 is 0. The van der Waals surface area contributed by atoms with Gasteiger partial charge in [0.1, 0.15) is 6.10 Å². The number of aliphatic hydroxyl groups excluding tert-OH is 2. The quantitative estimate of drug-likeness (QED) is 0.312. The van der Waals surface area contributed by atoms with Gasteiger partial charge in [-0.1, -0.05) is 40.0 Å². The minimum absolute atomic E-state index is 0. The Morgan fingerprint density at radius 2 is 1.61 bits per heavy atom. The van der Waals surface area contributed by atoms with E-state index in [1.165, 1.54) is 0 Å². The van der Waals surface area contributed by atoms with Gasteiger partial charge in [-0.25, -0.2) is 0 Å². The van der Waals surface area contributed by atoms with Crippen molar-refractivity contribution in [3.63, 3.8) is 0 Å². The van der Waals surface area contributed by atoms with Crippen molar-refractivity contribution in [3.05, 3.63) is 65.0 Å². The maximum absolute atomic E-state index is 13.3. The van der Waals surface area contributed by atoms with Crippen molar-refractivity contribution >= 4 is 11.8 Å². The fraction of sp³-hybridized carbons (Fsp3) is 0.552. The highest BCUT2D eigenvalue weighted by Gasteiger charge is 2.28. The molecule has 0 saturated carbocycles. The van der Waals surface area contributed by atoms with Crippen molar-refractivity contribution in [2.75, 3.05) is 13.1 Å². The number of amides is 2. The second kappa shape index (κ2) is 15.4. The Balaban J connectivity index is 0.00000684. The number of nitrogens with one attached hydrogen (secondary N) is 1.